The number of piperidine rings is 1. The van der Waals surface area contributed by atoms with Gasteiger partial charge in [0.05, 0.1) is 5.69 Å². The van der Waals surface area contributed by atoms with E-state index in [2.05, 4.69) is 10.6 Å². The summed E-state index contributed by atoms with van der Waals surface area (Å²) in [6.07, 6.45) is 2.11. The standard InChI is InChI=1S/C15H19N3O3/c1-16-11-3-2-6-18(8-11)15(20)10-4-5-12-13(7-10)21-9-14(19)17-12/h4-5,7,11,16H,2-3,6,8-9H2,1H3,(H,17,19). The molecule has 2 amide bonds. The summed E-state index contributed by atoms with van der Waals surface area (Å²) in [7, 11) is 1.92. The van der Waals surface area contributed by atoms with Gasteiger partial charge in [0.1, 0.15) is 5.75 Å². The third-order valence-electron chi connectivity index (χ3n) is 3.98. The van der Waals surface area contributed by atoms with Crippen LogP contribution in [0.3, 0.4) is 0 Å². The minimum atomic E-state index is -0.172. The van der Waals surface area contributed by atoms with Crippen LogP contribution in [0.15, 0.2) is 18.2 Å². The highest BCUT2D eigenvalue weighted by molar-refractivity contribution is 5.99. The van der Waals surface area contributed by atoms with Crippen LogP contribution in [0.25, 0.3) is 0 Å². The van der Waals surface area contributed by atoms with E-state index in [1.807, 2.05) is 11.9 Å². The molecule has 6 heteroatoms. The highest BCUT2D eigenvalue weighted by atomic mass is 16.5. The zero-order valence-electron chi connectivity index (χ0n) is 12.0. The number of anilines is 1. The quantitative estimate of drug-likeness (QED) is 0.846. The Bertz CT molecular complexity index is 573. The number of hydrogen-bond acceptors (Lipinski definition) is 4. The van der Waals surface area contributed by atoms with Crippen molar-refractivity contribution in [3.63, 3.8) is 0 Å². The van der Waals surface area contributed by atoms with Gasteiger partial charge in [0.2, 0.25) is 0 Å². The number of nitrogens with zero attached hydrogens (tertiary/aromatic N) is 1. The SMILES string of the molecule is CNC1CCCN(C(=O)c2ccc3c(c2)OCC(=O)N3)C1. The first-order chi connectivity index (χ1) is 10.2. The van der Waals surface area contributed by atoms with Crippen molar-refractivity contribution in [2.75, 3.05) is 32.1 Å². The van der Waals surface area contributed by atoms with Crippen molar-refractivity contribution in [1.29, 1.82) is 0 Å². The van der Waals surface area contributed by atoms with E-state index in [0.29, 0.717) is 23.0 Å². The fraction of sp³-hybridized carbons (Fsp3) is 0.467. The number of likely N-dealkylation sites (tertiary alicyclic amines) is 1. The van der Waals surface area contributed by atoms with Crippen molar-refractivity contribution in [2.45, 2.75) is 18.9 Å². The number of ether oxygens (including phenoxy) is 1. The van der Waals surface area contributed by atoms with Gasteiger partial charge in [-0.25, -0.2) is 0 Å². The van der Waals surface area contributed by atoms with Crippen molar-refractivity contribution in [3.8, 4) is 5.75 Å². The van der Waals surface area contributed by atoms with Crippen molar-refractivity contribution in [1.82, 2.24) is 10.2 Å². The fourth-order valence-electron chi connectivity index (χ4n) is 2.79. The average molecular weight is 289 g/mol. The van der Waals surface area contributed by atoms with Crippen LogP contribution in [0, 0.1) is 0 Å². The molecule has 1 fully saturated rings. The Morgan fingerprint density at radius 3 is 3.14 bits per heavy atom. The fourth-order valence-corrected chi connectivity index (χ4v) is 2.79. The van der Waals surface area contributed by atoms with Crippen molar-refractivity contribution < 1.29 is 14.3 Å². The summed E-state index contributed by atoms with van der Waals surface area (Å²) in [5.74, 6) is 0.398. The van der Waals surface area contributed by atoms with E-state index < -0.39 is 0 Å². The Morgan fingerprint density at radius 2 is 2.33 bits per heavy atom. The Morgan fingerprint density at radius 1 is 1.48 bits per heavy atom. The number of carbonyl (C=O) groups is 2. The number of nitrogens with one attached hydrogen (secondary N) is 2. The lowest BCUT2D eigenvalue weighted by Crippen LogP contribution is -2.47. The van der Waals surface area contributed by atoms with E-state index in [0.717, 1.165) is 25.9 Å². The van der Waals surface area contributed by atoms with Crippen LogP contribution in [0.2, 0.25) is 0 Å². The number of hydrogen-bond donors (Lipinski definition) is 2. The first kappa shape index (κ1) is 13.9. The Labute approximate surface area is 123 Å². The molecule has 2 aliphatic rings. The molecular weight excluding hydrogens is 270 g/mol. The minimum absolute atomic E-state index is 0.00378. The molecule has 0 spiro atoms. The van der Waals surface area contributed by atoms with Crippen LogP contribution in [-0.4, -0.2) is 49.5 Å². The van der Waals surface area contributed by atoms with Gasteiger partial charge in [-0.2, -0.15) is 0 Å². The van der Waals surface area contributed by atoms with Crippen LogP contribution in [0.5, 0.6) is 5.75 Å². The predicted octanol–water partition coefficient (Wildman–Crippen LogP) is 0.841. The van der Waals surface area contributed by atoms with E-state index in [9.17, 15) is 9.59 Å². The number of carbonyl (C=O) groups excluding carboxylic acids is 2. The largest absolute Gasteiger partial charge is 0.482 e. The van der Waals surface area contributed by atoms with Crippen molar-refractivity contribution in [2.24, 2.45) is 0 Å². The number of amides is 2. The van der Waals surface area contributed by atoms with Crippen LogP contribution in [-0.2, 0) is 4.79 Å². The van der Waals surface area contributed by atoms with Crippen LogP contribution < -0.4 is 15.4 Å². The van der Waals surface area contributed by atoms with Gasteiger partial charge in [0, 0.05) is 24.7 Å². The third kappa shape index (κ3) is 2.85. The first-order valence-corrected chi connectivity index (χ1v) is 7.20. The minimum Gasteiger partial charge on any atom is -0.482 e. The predicted molar refractivity (Wildman–Crippen MR) is 78.6 cm³/mol. The summed E-state index contributed by atoms with van der Waals surface area (Å²) in [6.45, 7) is 1.51. The smallest absolute Gasteiger partial charge is 0.262 e. The second-order valence-corrected chi connectivity index (χ2v) is 5.43. The maximum absolute atomic E-state index is 12.6. The summed E-state index contributed by atoms with van der Waals surface area (Å²) in [5, 5.41) is 5.95. The normalized spacial score (nSPS) is 21.3. The molecule has 112 valence electrons. The van der Waals surface area contributed by atoms with Gasteiger partial charge in [-0.1, -0.05) is 0 Å². The first-order valence-electron chi connectivity index (χ1n) is 7.20. The molecule has 6 nitrogen and oxygen atoms in total. The molecule has 0 saturated carbocycles. The van der Waals surface area contributed by atoms with E-state index in [1.165, 1.54) is 0 Å². The van der Waals surface area contributed by atoms with E-state index in [1.54, 1.807) is 18.2 Å². The molecular formula is C15H19N3O3. The molecule has 0 aromatic heterocycles. The summed E-state index contributed by atoms with van der Waals surface area (Å²) in [4.78, 5) is 25.7. The maximum atomic E-state index is 12.6. The van der Waals surface area contributed by atoms with Gasteiger partial charge >= 0.3 is 0 Å². The summed E-state index contributed by atoms with van der Waals surface area (Å²) in [5.41, 5.74) is 1.22. The highest BCUT2D eigenvalue weighted by Crippen LogP contribution is 2.29. The summed E-state index contributed by atoms with van der Waals surface area (Å²) < 4.78 is 5.36. The number of rotatable bonds is 2. The molecule has 1 aromatic rings. The molecule has 1 atom stereocenters. The van der Waals surface area contributed by atoms with Gasteiger partial charge in [-0.05, 0) is 38.1 Å². The van der Waals surface area contributed by atoms with Crippen LogP contribution in [0.4, 0.5) is 5.69 Å². The Balaban J connectivity index is 1.77. The van der Waals surface area contributed by atoms with Gasteiger partial charge in [-0.3, -0.25) is 9.59 Å². The van der Waals surface area contributed by atoms with E-state index in [4.69, 9.17) is 4.74 Å². The zero-order valence-corrected chi connectivity index (χ0v) is 12.0. The van der Waals surface area contributed by atoms with Crippen molar-refractivity contribution >= 4 is 17.5 Å². The lowest BCUT2D eigenvalue weighted by molar-refractivity contribution is -0.118. The van der Waals surface area contributed by atoms with Crippen molar-refractivity contribution in [3.05, 3.63) is 23.8 Å². The third-order valence-corrected chi connectivity index (χ3v) is 3.98. The maximum Gasteiger partial charge on any atom is 0.262 e. The van der Waals surface area contributed by atoms with E-state index >= 15 is 0 Å². The number of benzene rings is 1. The van der Waals surface area contributed by atoms with Gasteiger partial charge < -0.3 is 20.3 Å². The molecule has 1 unspecified atom stereocenters. The van der Waals surface area contributed by atoms with Gasteiger partial charge in [-0.15, -0.1) is 0 Å². The number of likely N-dealkylation sites (N-methyl/N-ethyl adjacent to an activating group) is 1. The molecule has 2 heterocycles. The lowest BCUT2D eigenvalue weighted by Gasteiger charge is -2.32. The molecule has 0 bridgehead atoms. The average Bonchev–Trinajstić information content (AvgIpc) is 2.53. The Hall–Kier alpha value is -2.08. The molecule has 1 saturated heterocycles. The zero-order chi connectivity index (χ0) is 14.8. The van der Waals surface area contributed by atoms with Crippen LogP contribution in [0.1, 0.15) is 23.2 Å². The topological polar surface area (TPSA) is 70.7 Å². The summed E-state index contributed by atoms with van der Waals surface area (Å²) in [6, 6.07) is 5.52. The molecule has 0 radical (unpaired) electrons. The second kappa shape index (κ2) is 5.73. The number of fused-ring (bicyclic) bond motifs is 1. The lowest BCUT2D eigenvalue weighted by atomic mass is 10.0. The molecule has 2 aliphatic heterocycles. The van der Waals surface area contributed by atoms with Crippen LogP contribution >= 0.6 is 0 Å². The molecule has 0 aliphatic carbocycles. The molecule has 3 rings (SSSR count). The van der Waals surface area contributed by atoms with Gasteiger partial charge in [0.15, 0.2) is 6.61 Å². The molecule has 2 N–H and O–H groups in total. The monoisotopic (exact) mass is 289 g/mol. The second-order valence-electron chi connectivity index (χ2n) is 5.43. The molecule has 21 heavy (non-hydrogen) atoms. The summed E-state index contributed by atoms with van der Waals surface area (Å²) >= 11 is 0. The van der Waals surface area contributed by atoms with E-state index in [-0.39, 0.29) is 18.4 Å². The molecule has 1 aromatic carbocycles. The van der Waals surface area contributed by atoms with Gasteiger partial charge in [0.25, 0.3) is 11.8 Å². The highest BCUT2D eigenvalue weighted by Gasteiger charge is 2.25. The Kier molecular flexibility index (Phi) is 3.79.